The molecule has 0 saturated carbocycles. The summed E-state index contributed by atoms with van der Waals surface area (Å²) in [5.74, 6) is -2.26. The molecule has 0 saturated heterocycles. The summed E-state index contributed by atoms with van der Waals surface area (Å²) in [6.45, 7) is 13.5. The SMILES string of the molecule is CCC(CC)([C@@H](O)CCP(=O)(O)O)n1c(C(=O)OC(C)(C)C)nc2c(C(=O)OC(C)(C)C)nc(N)nc21. The molecule has 1 atom stereocenters. The molecule has 5 N–H and O–H groups in total. The van der Waals surface area contributed by atoms with Gasteiger partial charge in [0.05, 0.1) is 17.8 Å². The fraction of sp³-hybridized carbons (Fsp3) is 0.696. The average molecular weight is 544 g/mol. The van der Waals surface area contributed by atoms with Crippen LogP contribution in [0.15, 0.2) is 0 Å². The minimum absolute atomic E-state index is 0.0202. The molecule has 13 nitrogen and oxygen atoms in total. The molecule has 2 aromatic rings. The van der Waals surface area contributed by atoms with Crippen molar-refractivity contribution in [2.75, 3.05) is 11.9 Å². The summed E-state index contributed by atoms with van der Waals surface area (Å²) in [7, 11) is -4.43. The molecule has 0 radical (unpaired) electrons. The number of anilines is 1. The van der Waals surface area contributed by atoms with E-state index >= 15 is 0 Å². The number of aliphatic hydroxyl groups excluding tert-OH is 1. The number of fused-ring (bicyclic) bond motifs is 1. The molecule has 0 fully saturated rings. The number of carbonyl (C=O) groups excluding carboxylic acids is 2. The summed E-state index contributed by atoms with van der Waals surface area (Å²) in [6, 6.07) is 0. The second kappa shape index (κ2) is 10.6. The Morgan fingerprint density at radius 3 is 1.95 bits per heavy atom. The van der Waals surface area contributed by atoms with Crippen LogP contribution in [0.4, 0.5) is 5.95 Å². The van der Waals surface area contributed by atoms with Gasteiger partial charge in [-0.3, -0.25) is 9.13 Å². The summed E-state index contributed by atoms with van der Waals surface area (Å²) in [4.78, 5) is 57.8. The van der Waals surface area contributed by atoms with E-state index in [4.69, 9.17) is 15.2 Å². The summed E-state index contributed by atoms with van der Waals surface area (Å²) in [5.41, 5.74) is 2.48. The van der Waals surface area contributed by atoms with Crippen molar-refractivity contribution in [3.63, 3.8) is 0 Å². The van der Waals surface area contributed by atoms with Crippen molar-refractivity contribution in [2.24, 2.45) is 0 Å². The number of nitrogens with two attached hydrogens (primary N) is 1. The van der Waals surface area contributed by atoms with Crippen LogP contribution in [0.1, 0.15) is 95.8 Å². The molecular formula is C23H38N5O8P. The van der Waals surface area contributed by atoms with Gasteiger partial charge in [0.1, 0.15) is 16.7 Å². The standard InChI is InChI=1S/C23H38N5O8P/c1-9-23(10-2,13(29)11-12-37(32,33)34)28-16-14(25-17(28)19(31)36-22(6,7)8)15(26-20(24)27-16)18(30)35-21(3,4)5/h13,29H,9-12H2,1-8H3,(H2,24,26,27)(H2,32,33,34)/t13-/m0/s1. The summed E-state index contributed by atoms with van der Waals surface area (Å²) in [6.07, 6.45) is -1.78. The molecular weight excluding hydrogens is 505 g/mol. The lowest BCUT2D eigenvalue weighted by molar-refractivity contribution is -0.00161. The molecule has 208 valence electrons. The van der Waals surface area contributed by atoms with Gasteiger partial charge in [-0.05, 0) is 60.8 Å². The Kier molecular flexibility index (Phi) is 8.81. The van der Waals surface area contributed by atoms with Crippen LogP contribution in [0.25, 0.3) is 11.2 Å². The van der Waals surface area contributed by atoms with Crippen molar-refractivity contribution >= 4 is 36.6 Å². The molecule has 0 amide bonds. The van der Waals surface area contributed by atoms with Crippen LogP contribution in [0.2, 0.25) is 0 Å². The molecule has 2 rings (SSSR count). The number of aliphatic hydroxyl groups is 1. The van der Waals surface area contributed by atoms with Crippen molar-refractivity contribution in [3.05, 3.63) is 11.5 Å². The Morgan fingerprint density at radius 1 is 0.973 bits per heavy atom. The first-order chi connectivity index (χ1) is 16.7. The lowest BCUT2D eigenvalue weighted by atomic mass is 9.84. The van der Waals surface area contributed by atoms with Crippen molar-refractivity contribution in [1.82, 2.24) is 19.5 Å². The third kappa shape index (κ3) is 7.25. The zero-order valence-electron chi connectivity index (χ0n) is 22.6. The first-order valence-electron chi connectivity index (χ1n) is 12.0. The van der Waals surface area contributed by atoms with Gasteiger partial charge in [-0.15, -0.1) is 0 Å². The molecule has 0 bridgehead atoms. The van der Waals surface area contributed by atoms with Crippen molar-refractivity contribution in [3.8, 4) is 0 Å². The highest BCUT2D eigenvalue weighted by Gasteiger charge is 2.43. The minimum Gasteiger partial charge on any atom is -0.455 e. The zero-order chi connectivity index (χ0) is 28.6. The Labute approximate surface area is 215 Å². The predicted molar refractivity (Wildman–Crippen MR) is 136 cm³/mol. The van der Waals surface area contributed by atoms with E-state index in [1.807, 2.05) is 0 Å². The van der Waals surface area contributed by atoms with E-state index in [1.165, 1.54) is 4.57 Å². The number of nitrogens with zero attached hydrogens (tertiary/aromatic N) is 4. The van der Waals surface area contributed by atoms with Gasteiger partial charge in [0.2, 0.25) is 11.8 Å². The topological polar surface area (TPSA) is 200 Å². The maximum atomic E-state index is 13.4. The van der Waals surface area contributed by atoms with Gasteiger partial charge in [0.25, 0.3) is 0 Å². The first-order valence-corrected chi connectivity index (χ1v) is 13.8. The molecule has 2 heterocycles. The van der Waals surface area contributed by atoms with E-state index in [9.17, 15) is 29.0 Å². The smallest absolute Gasteiger partial charge is 0.375 e. The number of aromatic nitrogens is 4. The molecule has 0 aromatic carbocycles. The van der Waals surface area contributed by atoms with Crippen LogP contribution in [0, 0.1) is 0 Å². The van der Waals surface area contributed by atoms with E-state index in [0.29, 0.717) is 0 Å². The number of rotatable bonds is 9. The Morgan fingerprint density at radius 2 is 1.49 bits per heavy atom. The molecule has 0 aliphatic carbocycles. The Hall–Kier alpha value is -2.60. The highest BCUT2D eigenvalue weighted by molar-refractivity contribution is 7.51. The number of ether oxygens (including phenoxy) is 2. The second-order valence-corrected chi connectivity index (χ2v) is 12.7. The summed E-state index contributed by atoms with van der Waals surface area (Å²) >= 11 is 0. The summed E-state index contributed by atoms with van der Waals surface area (Å²) < 4.78 is 23.9. The molecule has 0 aliphatic heterocycles. The van der Waals surface area contributed by atoms with Gasteiger partial charge < -0.3 is 30.1 Å². The number of carbonyl (C=O) groups is 2. The highest BCUT2D eigenvalue weighted by atomic mass is 31.2. The highest BCUT2D eigenvalue weighted by Crippen LogP contribution is 2.41. The summed E-state index contributed by atoms with van der Waals surface area (Å²) in [5, 5.41) is 11.3. The fourth-order valence-corrected chi connectivity index (χ4v) is 4.65. The van der Waals surface area contributed by atoms with Gasteiger partial charge in [0.15, 0.2) is 11.3 Å². The van der Waals surface area contributed by atoms with Gasteiger partial charge in [-0.2, -0.15) is 4.98 Å². The molecule has 14 heteroatoms. The van der Waals surface area contributed by atoms with E-state index in [2.05, 4.69) is 15.0 Å². The van der Waals surface area contributed by atoms with E-state index in [0.717, 1.165) is 0 Å². The van der Waals surface area contributed by atoms with Crippen LogP contribution in [0.5, 0.6) is 0 Å². The van der Waals surface area contributed by atoms with E-state index < -0.39 is 48.5 Å². The zero-order valence-corrected chi connectivity index (χ0v) is 23.5. The average Bonchev–Trinajstić information content (AvgIpc) is 3.10. The predicted octanol–water partition coefficient (Wildman–Crippen LogP) is 2.76. The number of hydrogen-bond donors (Lipinski definition) is 4. The van der Waals surface area contributed by atoms with Crippen LogP contribution in [-0.2, 0) is 19.6 Å². The Bertz CT molecular complexity index is 1200. The molecule has 37 heavy (non-hydrogen) atoms. The maximum Gasteiger partial charge on any atom is 0.375 e. The largest absolute Gasteiger partial charge is 0.455 e. The minimum atomic E-state index is -4.43. The quantitative estimate of drug-likeness (QED) is 0.267. The van der Waals surface area contributed by atoms with Crippen molar-refractivity contribution in [2.45, 2.75) is 97.5 Å². The monoisotopic (exact) mass is 543 g/mol. The lowest BCUT2D eigenvalue weighted by Crippen LogP contribution is -2.46. The third-order valence-electron chi connectivity index (χ3n) is 5.68. The second-order valence-electron chi connectivity index (χ2n) is 10.9. The van der Waals surface area contributed by atoms with Crippen LogP contribution < -0.4 is 5.73 Å². The molecule has 0 aliphatic rings. The van der Waals surface area contributed by atoms with Gasteiger partial charge in [-0.1, -0.05) is 13.8 Å². The molecule has 2 aromatic heterocycles. The van der Waals surface area contributed by atoms with Crippen molar-refractivity contribution < 1.29 is 38.5 Å². The normalized spacial score (nSPS) is 14.0. The Balaban J connectivity index is 2.92. The van der Waals surface area contributed by atoms with Crippen molar-refractivity contribution in [1.29, 1.82) is 0 Å². The number of hydrogen-bond acceptors (Lipinski definition) is 10. The number of imidazole rings is 1. The van der Waals surface area contributed by atoms with Crippen LogP contribution in [-0.4, -0.2) is 69.8 Å². The van der Waals surface area contributed by atoms with Crippen LogP contribution >= 0.6 is 7.60 Å². The third-order valence-corrected chi connectivity index (χ3v) is 6.52. The lowest BCUT2D eigenvalue weighted by Gasteiger charge is -2.39. The van der Waals surface area contributed by atoms with E-state index in [-0.39, 0.29) is 47.9 Å². The van der Waals surface area contributed by atoms with Gasteiger partial charge >= 0.3 is 19.5 Å². The molecule has 0 spiro atoms. The number of nitrogen functional groups attached to an aromatic ring is 1. The van der Waals surface area contributed by atoms with Crippen LogP contribution in [0.3, 0.4) is 0 Å². The maximum absolute atomic E-state index is 13.4. The fourth-order valence-electron chi connectivity index (χ4n) is 4.07. The first kappa shape index (κ1) is 30.6. The molecule has 0 unspecified atom stereocenters. The number of esters is 2. The van der Waals surface area contributed by atoms with Gasteiger partial charge in [-0.25, -0.2) is 19.6 Å². The van der Waals surface area contributed by atoms with Gasteiger partial charge in [0, 0.05) is 0 Å². The van der Waals surface area contributed by atoms with E-state index in [1.54, 1.807) is 55.4 Å².